The Hall–Kier alpha value is -12.8. The molecule has 714 valence electrons. The van der Waals surface area contributed by atoms with Crippen molar-refractivity contribution in [3.8, 4) is 5.75 Å². The van der Waals surface area contributed by atoms with E-state index >= 15 is 28.8 Å². The molecule has 8 rings (SSSR count). The van der Waals surface area contributed by atoms with Gasteiger partial charge in [0.25, 0.3) is 0 Å². The van der Waals surface area contributed by atoms with Crippen LogP contribution in [0.3, 0.4) is 0 Å². The summed E-state index contributed by atoms with van der Waals surface area (Å²) < 4.78 is 8.26. The number of aliphatic hydroxyl groups is 2. The number of unbranched alkanes of at least 4 members (excludes halogenated alkanes) is 1. The highest BCUT2D eigenvalue weighted by Crippen LogP contribution is 2.47. The number of nitrogens with one attached hydrogen (secondary N) is 14. The Balaban J connectivity index is 1.21. The van der Waals surface area contributed by atoms with Gasteiger partial charge in [-0.1, -0.05) is 100 Å². The molecule has 41 nitrogen and oxygen atoms in total. The first-order valence-corrected chi connectivity index (χ1v) is 45.1. The molecule has 0 bridgehead atoms. The van der Waals surface area contributed by atoms with Crippen molar-refractivity contribution in [2.45, 2.75) is 220 Å². The molecule has 4 aromatic carbocycles. The summed E-state index contributed by atoms with van der Waals surface area (Å²) in [4.78, 5) is 252. The fourth-order valence-electron chi connectivity index (χ4n) is 14.9. The summed E-state index contributed by atoms with van der Waals surface area (Å²) in [5.41, 5.74) is 17.9. The number of carboxylic acid groups (broad SMARTS) is 1. The zero-order valence-electron chi connectivity index (χ0n) is 74.9. The van der Waals surface area contributed by atoms with Crippen LogP contribution in [0, 0.1) is 6.92 Å². The monoisotopic (exact) mass is 1870 g/mol. The van der Waals surface area contributed by atoms with Gasteiger partial charge in [-0.2, -0.15) is 0 Å². The van der Waals surface area contributed by atoms with Crippen LogP contribution in [0.5, 0.6) is 5.75 Å². The van der Waals surface area contributed by atoms with E-state index in [2.05, 4.69) is 79.1 Å². The second-order valence-corrected chi connectivity index (χ2v) is 37.1. The molecule has 0 aliphatic carbocycles. The Bertz CT molecular complexity index is 5150. The van der Waals surface area contributed by atoms with Gasteiger partial charge in [-0.15, -0.1) is 0 Å². The van der Waals surface area contributed by atoms with Gasteiger partial charge in [-0.3, -0.25) is 86.5 Å². The number of hydrogen-bond acceptors (Lipinski definition) is 25. The number of amides is 16. The molecule has 2 aliphatic heterocycles. The number of nitrogens with two attached hydrogens (primary N) is 3. The summed E-state index contributed by atoms with van der Waals surface area (Å²) in [6.45, 7) is 9.67. The minimum absolute atomic E-state index is 0.0960. The van der Waals surface area contributed by atoms with Crippen LogP contribution in [0.4, 0.5) is 0 Å². The molecule has 6 aromatic rings. The molecular weight excluding hydrogens is 1750 g/mol. The van der Waals surface area contributed by atoms with E-state index in [1.54, 1.807) is 91.1 Å². The van der Waals surface area contributed by atoms with E-state index in [1.165, 1.54) is 54.1 Å². The van der Waals surface area contributed by atoms with E-state index < -0.39 is 221 Å². The van der Waals surface area contributed by atoms with Crippen LogP contribution in [0.15, 0.2) is 116 Å². The molecule has 0 spiro atoms. The zero-order chi connectivity index (χ0) is 96.9. The number of carbonyl (C=O) groups excluding carboxylic acids is 16. The number of aryl methyl sites for hydroxylation is 1. The lowest BCUT2D eigenvalue weighted by Crippen LogP contribution is -2.67. The number of pyridine rings is 1. The maximum absolute atomic E-state index is 16.3. The largest absolute Gasteiger partial charge is 0.492 e. The Kier molecular flexibility index (Phi) is 38.7. The molecule has 2 aliphatic rings. The summed E-state index contributed by atoms with van der Waals surface area (Å²) in [6.07, 6.45) is -1.46. The van der Waals surface area contributed by atoms with Gasteiger partial charge < -0.3 is 121 Å². The summed E-state index contributed by atoms with van der Waals surface area (Å²) in [7, 11) is 3.04. The second kappa shape index (κ2) is 48.9. The lowest BCUT2D eigenvalue weighted by atomic mass is 9.87. The normalized spacial score (nSPS) is 19.7. The number of aromatic amines is 1. The molecular formula is C89H119N19O22S2. The van der Waals surface area contributed by atoms with Gasteiger partial charge in [0.15, 0.2) is 0 Å². The van der Waals surface area contributed by atoms with Gasteiger partial charge in [0.2, 0.25) is 94.5 Å². The number of benzene rings is 4. The summed E-state index contributed by atoms with van der Waals surface area (Å²) >= 11 is 0. The van der Waals surface area contributed by atoms with Crippen LogP contribution in [0.25, 0.3) is 21.7 Å². The summed E-state index contributed by atoms with van der Waals surface area (Å²) in [6, 6.07) is 7.85. The van der Waals surface area contributed by atoms with Crippen molar-refractivity contribution in [1.29, 1.82) is 0 Å². The van der Waals surface area contributed by atoms with E-state index in [0.717, 1.165) is 51.3 Å². The molecule has 2 fully saturated rings. The van der Waals surface area contributed by atoms with Gasteiger partial charge in [-0.25, -0.2) is 0 Å². The average Bonchev–Trinajstić information content (AvgIpc) is 1.59. The predicted molar refractivity (Wildman–Crippen MR) is 487 cm³/mol. The van der Waals surface area contributed by atoms with Gasteiger partial charge in [0.1, 0.15) is 84.4 Å². The van der Waals surface area contributed by atoms with Crippen LogP contribution in [0.2, 0.25) is 0 Å². The Morgan fingerprint density at radius 3 is 1.90 bits per heavy atom. The van der Waals surface area contributed by atoms with Crippen molar-refractivity contribution in [3.05, 3.63) is 143 Å². The number of aromatic nitrogens is 2. The third-order valence-electron chi connectivity index (χ3n) is 22.2. The van der Waals surface area contributed by atoms with Gasteiger partial charge in [-0.05, 0) is 124 Å². The fraction of sp³-hybridized carbons (Fsp3) is 0.483. The average molecular weight is 1870 g/mol. The number of ether oxygens (including phenoxy) is 2. The Labute approximate surface area is 769 Å². The number of aliphatic hydroxyl groups excluding tert-OH is 2. The van der Waals surface area contributed by atoms with Crippen LogP contribution in [-0.4, -0.2) is 271 Å². The maximum Gasteiger partial charge on any atom is 0.303 e. The molecule has 16 amide bonds. The number of H-pyrrole nitrogens is 1. The van der Waals surface area contributed by atoms with Crippen molar-refractivity contribution in [1.82, 2.24) is 84.0 Å². The van der Waals surface area contributed by atoms with Crippen LogP contribution >= 0.6 is 21.6 Å². The molecule has 0 radical (unpaired) electrons. The van der Waals surface area contributed by atoms with E-state index in [-0.39, 0.29) is 90.2 Å². The second-order valence-electron chi connectivity index (χ2n) is 33.7. The molecule has 0 saturated carbocycles. The molecule has 2 saturated heterocycles. The number of primary amides is 2. The van der Waals surface area contributed by atoms with Gasteiger partial charge in [0.05, 0.1) is 25.7 Å². The number of para-hydroxylation sites is 1. The number of likely N-dealkylation sites (N-methyl/N-ethyl adjacent to an activating group) is 1. The fourth-order valence-corrected chi connectivity index (χ4v) is 17.8. The molecule has 0 unspecified atom stereocenters. The quantitative estimate of drug-likeness (QED) is 0.0146. The molecule has 12 atom stereocenters. The lowest BCUT2D eigenvalue weighted by molar-refractivity contribution is -0.142. The van der Waals surface area contributed by atoms with E-state index in [0.29, 0.717) is 44.3 Å². The smallest absolute Gasteiger partial charge is 0.303 e. The number of nitrogens with zero attached hydrogens (tertiary/aromatic N) is 2. The van der Waals surface area contributed by atoms with Crippen molar-refractivity contribution in [2.75, 3.05) is 53.1 Å². The first-order chi connectivity index (χ1) is 62.5. The highest BCUT2D eigenvalue weighted by Gasteiger charge is 2.49. The third kappa shape index (κ3) is 30.6. The number of fused-ring (bicyclic) bond motifs is 2. The summed E-state index contributed by atoms with van der Waals surface area (Å²) in [5.74, 6) is -17.2. The number of carbonyl (C=O) groups is 17. The SMILES string of the molecule is CC(=O)NCCCC[C@@H]1NC(=O)[C@H](Cc2c[nH]c3c(C)cccc23)NC(=O)[C@H]([C@@H](C)O)NC(=O)[C@H](CC(N)=O)NC(=O)[C@@H](NC(C)=O)C(C)(C)SSC(C)(C)[C@@H](C(=O)N[C@@H](Cc2ccc(OCCN)cc2)C(=O)N[C@@H](Cc2ccc3ccccc3c2)C(=O)NC2(C(=O)N[C@@H](CCC(=O)O)C(=O)N[C@@H](CO)C(=O)N[C@@H](Cc3cccnc3)C(=O)N(C)CC(N)=O)CCOCC2)NC1=O. The van der Waals surface area contributed by atoms with Crippen molar-refractivity contribution in [2.24, 2.45) is 17.2 Å². The first-order valence-electron chi connectivity index (χ1n) is 43.0. The van der Waals surface area contributed by atoms with Crippen LogP contribution in [0.1, 0.15) is 128 Å². The van der Waals surface area contributed by atoms with E-state index in [9.17, 15) is 68.1 Å². The molecule has 4 heterocycles. The van der Waals surface area contributed by atoms with Gasteiger partial charge >= 0.3 is 5.97 Å². The predicted octanol–water partition coefficient (Wildman–Crippen LogP) is -2.03. The first kappa shape index (κ1) is 105. The van der Waals surface area contributed by atoms with Crippen molar-refractivity contribution < 1.29 is 106 Å². The van der Waals surface area contributed by atoms with Crippen molar-refractivity contribution in [3.63, 3.8) is 0 Å². The minimum Gasteiger partial charge on any atom is -0.492 e. The Morgan fingerprint density at radius 1 is 0.644 bits per heavy atom. The van der Waals surface area contributed by atoms with Crippen molar-refractivity contribution >= 4 is 144 Å². The zero-order valence-corrected chi connectivity index (χ0v) is 76.5. The summed E-state index contributed by atoms with van der Waals surface area (Å²) in [5, 5.41) is 68.3. The maximum atomic E-state index is 16.3. The van der Waals surface area contributed by atoms with E-state index in [4.69, 9.17) is 26.7 Å². The number of carboxylic acids is 1. The molecule has 43 heteroatoms. The van der Waals surface area contributed by atoms with Crippen LogP contribution < -0.4 is 91.1 Å². The lowest BCUT2D eigenvalue weighted by Gasteiger charge is -2.39. The number of hydrogen-bond donors (Lipinski definition) is 20. The minimum atomic E-state index is -2.07. The Morgan fingerprint density at radius 2 is 1.26 bits per heavy atom. The topological polar surface area (TPSA) is 636 Å². The standard InChI is InChI=1S/C89H119N19O22S2/c1-48-16-14-20-59-57(45-95-71(48)59)42-64-78(120)97-60(21-12-13-34-94-50(3)111)76(118)106-74(88(7,8)132-131-87(5,6)73(96-51(4)112)83(125)101-65(43-68(91)113)79(121)105-72(49(2)110)82(124)99-64)84(126)100-62(39-52-23-26-58(27-24-52)130-37-32-90)77(119)98-63(40-53-22-25-55-18-10-11-19-56(55)38-53)81(123)107-89(30-35-129-36-31-89)86(128)104-61(28-29-70(115)116)75(117)103-67(47-109)80(122)102-66(41-54-17-15-33-93-44-54)85(127)108(9)46-69(92)114/h10-11,14-20,22-27,33,38,44-45,49,60-67,72-74,95,109-110H,12-13,21,28-32,34-37,39-43,46-47,90H2,1-9H3,(H2,91,113)(H2,92,114)(H,94,111)(H,96,112)(H,97,120)(H,98,119)(H,99,124)(H,100,126)(H,101,125)(H,102,122)(H,103,117)(H,104,128)(H,105,121)(H,106,118)(H,107,123)(H,115,116)/t49-,60+,61+,62+,63+,64+,65+,66+,67+,72+,73-,74-/m1/s1. The molecule has 132 heavy (non-hydrogen) atoms. The highest BCUT2D eigenvalue weighted by molar-refractivity contribution is 8.77. The third-order valence-corrected chi connectivity index (χ3v) is 26.4. The van der Waals surface area contributed by atoms with Crippen LogP contribution in [-0.2, 0) is 112 Å². The molecule has 2 aromatic heterocycles. The van der Waals surface area contributed by atoms with Gasteiger partial charge in [0, 0.05) is 131 Å². The molecule has 23 N–H and O–H groups in total. The van der Waals surface area contributed by atoms with E-state index in [1.807, 2.05) is 19.1 Å². The number of aliphatic carboxylic acids is 1. The number of rotatable bonds is 39. The highest BCUT2D eigenvalue weighted by atomic mass is 33.1.